The molecule has 1 atom stereocenters. The Bertz CT molecular complexity index is 364. The fourth-order valence-electron chi connectivity index (χ4n) is 1.54. The Hall–Kier alpha value is -1.26. The number of carbonyl (C=O) groups excluding carboxylic acids is 1. The summed E-state index contributed by atoms with van der Waals surface area (Å²) in [5, 5.41) is 3.04. The van der Waals surface area contributed by atoms with Gasteiger partial charge in [0, 0.05) is 18.7 Å². The molecule has 1 aromatic carbocycles. The number of hydrogen-bond acceptors (Lipinski definition) is 3. The number of Topliss-reactive ketones (excluding diaryl/α,β-unsaturated/α-hetero) is 1. The van der Waals surface area contributed by atoms with Crippen molar-refractivity contribution >= 4 is 5.78 Å². The van der Waals surface area contributed by atoms with Crippen LogP contribution >= 0.6 is 0 Å². The van der Waals surface area contributed by atoms with E-state index in [4.69, 9.17) is 0 Å². The molecule has 94 valence electrons. The average Bonchev–Trinajstić information content (AvgIpc) is 2.35. The summed E-state index contributed by atoms with van der Waals surface area (Å²) >= 11 is 0. The Balaban J connectivity index is 2.65. The van der Waals surface area contributed by atoms with Crippen LogP contribution < -0.4 is 5.32 Å². The van der Waals surface area contributed by atoms with Crippen molar-refractivity contribution in [2.75, 3.05) is 27.2 Å². The van der Waals surface area contributed by atoms with Gasteiger partial charge in [-0.05, 0) is 45.3 Å². The van der Waals surface area contributed by atoms with Crippen molar-refractivity contribution in [2.24, 2.45) is 0 Å². The van der Waals surface area contributed by atoms with Crippen LogP contribution in [0.3, 0.4) is 0 Å². The molecule has 0 heterocycles. The first-order valence-electron chi connectivity index (χ1n) is 5.71. The summed E-state index contributed by atoms with van der Waals surface area (Å²) in [5.74, 6) is -0.304. The molecule has 0 aliphatic heterocycles. The highest BCUT2D eigenvalue weighted by atomic mass is 19.1. The standard InChI is InChI=1S/C13H19FN2O/c1-10(16(3)9-8-15-2)13(17)11-4-6-12(14)7-5-11/h4-7,10,15H,8-9H2,1-3H3. The molecule has 0 saturated heterocycles. The van der Waals surface area contributed by atoms with Crippen molar-refractivity contribution in [1.82, 2.24) is 10.2 Å². The third-order valence-corrected chi connectivity index (χ3v) is 2.88. The average molecular weight is 238 g/mol. The van der Waals surface area contributed by atoms with Crippen molar-refractivity contribution in [1.29, 1.82) is 0 Å². The van der Waals surface area contributed by atoms with Gasteiger partial charge in [-0.1, -0.05) is 0 Å². The summed E-state index contributed by atoms with van der Waals surface area (Å²) in [6, 6.07) is 5.48. The van der Waals surface area contributed by atoms with Gasteiger partial charge in [0.15, 0.2) is 5.78 Å². The first kappa shape index (κ1) is 13.8. The Morgan fingerprint density at radius 2 is 2.00 bits per heavy atom. The predicted molar refractivity (Wildman–Crippen MR) is 66.7 cm³/mol. The van der Waals surface area contributed by atoms with E-state index >= 15 is 0 Å². The van der Waals surface area contributed by atoms with Crippen LogP contribution in [0.4, 0.5) is 4.39 Å². The number of nitrogens with zero attached hydrogens (tertiary/aromatic N) is 1. The van der Waals surface area contributed by atoms with Crippen molar-refractivity contribution < 1.29 is 9.18 Å². The largest absolute Gasteiger partial charge is 0.318 e. The third-order valence-electron chi connectivity index (χ3n) is 2.88. The molecule has 0 bridgehead atoms. The van der Waals surface area contributed by atoms with Gasteiger partial charge in [0.1, 0.15) is 5.82 Å². The van der Waals surface area contributed by atoms with E-state index in [2.05, 4.69) is 5.32 Å². The summed E-state index contributed by atoms with van der Waals surface area (Å²) < 4.78 is 12.7. The monoisotopic (exact) mass is 238 g/mol. The summed E-state index contributed by atoms with van der Waals surface area (Å²) in [6.45, 7) is 3.49. The molecule has 0 saturated carbocycles. The van der Waals surface area contributed by atoms with E-state index in [0.29, 0.717) is 5.56 Å². The first-order chi connectivity index (χ1) is 8.06. The second-order valence-electron chi connectivity index (χ2n) is 4.13. The first-order valence-corrected chi connectivity index (χ1v) is 5.71. The molecule has 1 unspecified atom stereocenters. The zero-order chi connectivity index (χ0) is 12.8. The highest BCUT2D eigenvalue weighted by molar-refractivity contribution is 5.99. The van der Waals surface area contributed by atoms with Crippen molar-refractivity contribution in [3.05, 3.63) is 35.6 Å². The molecule has 0 aliphatic carbocycles. The molecule has 1 N–H and O–H groups in total. The lowest BCUT2D eigenvalue weighted by Gasteiger charge is -2.23. The van der Waals surface area contributed by atoms with Crippen LogP contribution in [-0.4, -0.2) is 43.9 Å². The second-order valence-corrected chi connectivity index (χ2v) is 4.13. The molecule has 1 rings (SSSR count). The van der Waals surface area contributed by atoms with Crippen LogP contribution in [-0.2, 0) is 0 Å². The molecule has 4 heteroatoms. The van der Waals surface area contributed by atoms with E-state index in [9.17, 15) is 9.18 Å². The number of ketones is 1. The zero-order valence-electron chi connectivity index (χ0n) is 10.5. The van der Waals surface area contributed by atoms with Gasteiger partial charge in [-0.25, -0.2) is 4.39 Å². The number of halogens is 1. The van der Waals surface area contributed by atoms with Crippen molar-refractivity contribution in [3.8, 4) is 0 Å². The predicted octanol–water partition coefficient (Wildman–Crippen LogP) is 1.55. The smallest absolute Gasteiger partial charge is 0.179 e. The van der Waals surface area contributed by atoms with Gasteiger partial charge in [0.25, 0.3) is 0 Å². The number of hydrogen-bond donors (Lipinski definition) is 1. The Kier molecular flexibility index (Phi) is 5.25. The van der Waals surface area contributed by atoms with Gasteiger partial charge in [-0.3, -0.25) is 9.69 Å². The van der Waals surface area contributed by atoms with E-state index in [0.717, 1.165) is 13.1 Å². The van der Waals surface area contributed by atoms with Crippen LogP contribution in [0.15, 0.2) is 24.3 Å². The molecule has 17 heavy (non-hydrogen) atoms. The molecule has 0 radical (unpaired) electrons. The second kappa shape index (κ2) is 6.47. The normalized spacial score (nSPS) is 12.8. The van der Waals surface area contributed by atoms with E-state index < -0.39 is 0 Å². The van der Waals surface area contributed by atoms with Crippen LogP contribution in [0.5, 0.6) is 0 Å². The molecule has 0 aliphatic rings. The molecule has 0 aromatic heterocycles. The minimum absolute atomic E-state index is 0.0172. The molecular weight excluding hydrogens is 219 g/mol. The van der Waals surface area contributed by atoms with Crippen LogP contribution in [0, 0.1) is 5.82 Å². The number of rotatable bonds is 6. The van der Waals surface area contributed by atoms with Gasteiger partial charge in [-0.15, -0.1) is 0 Å². The van der Waals surface area contributed by atoms with Gasteiger partial charge in [0.05, 0.1) is 6.04 Å². The van der Waals surface area contributed by atoms with Gasteiger partial charge in [-0.2, -0.15) is 0 Å². The van der Waals surface area contributed by atoms with Crippen LogP contribution in [0.25, 0.3) is 0 Å². The Labute approximate surface area is 102 Å². The van der Waals surface area contributed by atoms with Crippen molar-refractivity contribution in [2.45, 2.75) is 13.0 Å². The molecule has 3 nitrogen and oxygen atoms in total. The van der Waals surface area contributed by atoms with Gasteiger partial charge < -0.3 is 5.32 Å². The van der Waals surface area contributed by atoms with Crippen LogP contribution in [0.2, 0.25) is 0 Å². The number of nitrogens with one attached hydrogen (secondary N) is 1. The minimum Gasteiger partial charge on any atom is -0.318 e. The SMILES string of the molecule is CNCCN(C)C(C)C(=O)c1ccc(F)cc1. The summed E-state index contributed by atoms with van der Waals surface area (Å²) in [5.41, 5.74) is 0.551. The van der Waals surface area contributed by atoms with Gasteiger partial charge >= 0.3 is 0 Å². The number of benzene rings is 1. The number of carbonyl (C=O) groups is 1. The maximum Gasteiger partial charge on any atom is 0.179 e. The highest BCUT2D eigenvalue weighted by Gasteiger charge is 2.18. The molecular formula is C13H19FN2O. The zero-order valence-corrected chi connectivity index (χ0v) is 10.5. The highest BCUT2D eigenvalue weighted by Crippen LogP contribution is 2.09. The quantitative estimate of drug-likeness (QED) is 0.763. The fraction of sp³-hybridized carbons (Fsp3) is 0.462. The minimum atomic E-state index is -0.322. The summed E-state index contributed by atoms with van der Waals surface area (Å²) in [6.07, 6.45) is 0. The van der Waals surface area contributed by atoms with E-state index in [1.807, 2.05) is 25.9 Å². The molecule has 1 aromatic rings. The van der Waals surface area contributed by atoms with Crippen LogP contribution in [0.1, 0.15) is 17.3 Å². The van der Waals surface area contributed by atoms with Crippen molar-refractivity contribution in [3.63, 3.8) is 0 Å². The third kappa shape index (κ3) is 3.91. The van der Waals surface area contributed by atoms with Gasteiger partial charge in [0.2, 0.25) is 0 Å². The van der Waals surface area contributed by atoms with E-state index in [1.165, 1.54) is 24.3 Å². The molecule has 0 amide bonds. The maximum atomic E-state index is 12.7. The molecule has 0 fully saturated rings. The lowest BCUT2D eigenvalue weighted by molar-refractivity contribution is 0.0870. The Morgan fingerprint density at radius 3 is 2.53 bits per heavy atom. The maximum absolute atomic E-state index is 12.7. The lowest BCUT2D eigenvalue weighted by Crippen LogP contribution is -2.39. The summed E-state index contributed by atoms with van der Waals surface area (Å²) in [7, 11) is 3.78. The van der Waals surface area contributed by atoms with E-state index in [1.54, 1.807) is 0 Å². The van der Waals surface area contributed by atoms with E-state index in [-0.39, 0.29) is 17.6 Å². The fourth-order valence-corrected chi connectivity index (χ4v) is 1.54. The molecule has 0 spiro atoms. The summed E-state index contributed by atoms with van der Waals surface area (Å²) in [4.78, 5) is 14.1. The topological polar surface area (TPSA) is 32.3 Å². The number of likely N-dealkylation sites (N-methyl/N-ethyl adjacent to an activating group) is 2. The lowest BCUT2D eigenvalue weighted by atomic mass is 10.0. The Morgan fingerprint density at radius 1 is 1.41 bits per heavy atom.